The third-order valence-electron chi connectivity index (χ3n) is 3.79. The number of aliphatic hydroxyl groups excluding tert-OH is 2. The van der Waals surface area contributed by atoms with Crippen LogP contribution < -0.4 is 0 Å². The lowest BCUT2D eigenvalue weighted by Crippen LogP contribution is -2.28. The summed E-state index contributed by atoms with van der Waals surface area (Å²) in [6.45, 7) is 2.21. The van der Waals surface area contributed by atoms with Gasteiger partial charge in [-0.25, -0.2) is 0 Å². The summed E-state index contributed by atoms with van der Waals surface area (Å²) in [4.78, 5) is 0. The Morgan fingerprint density at radius 1 is 1.43 bits per heavy atom. The summed E-state index contributed by atoms with van der Waals surface area (Å²) in [5.41, 5.74) is 0. The highest BCUT2D eigenvalue weighted by Crippen LogP contribution is 2.43. The maximum absolute atomic E-state index is 9.68. The molecule has 2 N–H and O–H groups in total. The molecule has 0 spiro atoms. The average Bonchev–Trinajstić information content (AvgIpc) is 2.74. The van der Waals surface area contributed by atoms with E-state index in [1.807, 2.05) is 6.92 Å². The Balaban J connectivity index is 1.94. The molecule has 0 aromatic carbocycles. The van der Waals surface area contributed by atoms with Gasteiger partial charge >= 0.3 is 0 Å². The van der Waals surface area contributed by atoms with Crippen LogP contribution in [0.15, 0.2) is 0 Å². The van der Waals surface area contributed by atoms with Crippen LogP contribution in [-0.4, -0.2) is 35.1 Å². The SMILES string of the molecule is CC[C@H](O)[C@H]1C[C@@H]2CC[C@@H](CO)[C@@H]2O1. The van der Waals surface area contributed by atoms with Crippen LogP contribution >= 0.6 is 0 Å². The second kappa shape index (κ2) is 4.17. The second-order valence-electron chi connectivity index (χ2n) is 4.63. The molecule has 0 amide bonds. The van der Waals surface area contributed by atoms with Crippen molar-refractivity contribution in [2.75, 3.05) is 6.61 Å². The third-order valence-corrected chi connectivity index (χ3v) is 3.79. The molecule has 2 rings (SSSR count). The quantitative estimate of drug-likeness (QED) is 0.712. The maximum atomic E-state index is 9.68. The molecule has 0 unspecified atom stereocenters. The molecule has 1 heterocycles. The van der Waals surface area contributed by atoms with Crippen LogP contribution in [0.4, 0.5) is 0 Å². The van der Waals surface area contributed by atoms with Gasteiger partial charge in [0.15, 0.2) is 0 Å². The summed E-state index contributed by atoms with van der Waals surface area (Å²) in [5, 5.41) is 18.8. The molecule has 5 atom stereocenters. The molecule has 1 saturated heterocycles. The number of ether oxygens (including phenoxy) is 1. The first kappa shape index (κ1) is 10.4. The van der Waals surface area contributed by atoms with Gasteiger partial charge in [-0.2, -0.15) is 0 Å². The van der Waals surface area contributed by atoms with Gasteiger partial charge in [-0.15, -0.1) is 0 Å². The zero-order chi connectivity index (χ0) is 10.1. The zero-order valence-corrected chi connectivity index (χ0v) is 8.72. The first-order valence-electron chi connectivity index (χ1n) is 5.70. The molecule has 82 valence electrons. The van der Waals surface area contributed by atoms with Crippen LogP contribution in [0.25, 0.3) is 0 Å². The Hall–Kier alpha value is -0.120. The Morgan fingerprint density at radius 2 is 2.21 bits per heavy atom. The highest BCUT2D eigenvalue weighted by atomic mass is 16.5. The van der Waals surface area contributed by atoms with Crippen LogP contribution in [-0.2, 0) is 4.74 Å². The molecule has 1 saturated carbocycles. The van der Waals surface area contributed by atoms with Gasteiger partial charge in [-0.1, -0.05) is 6.92 Å². The smallest absolute Gasteiger partial charge is 0.0841 e. The first-order valence-corrected chi connectivity index (χ1v) is 5.70. The van der Waals surface area contributed by atoms with Crippen LogP contribution in [0.1, 0.15) is 32.6 Å². The van der Waals surface area contributed by atoms with Crippen molar-refractivity contribution in [2.24, 2.45) is 11.8 Å². The summed E-state index contributed by atoms with van der Waals surface area (Å²) < 4.78 is 5.83. The molecule has 3 heteroatoms. The van der Waals surface area contributed by atoms with E-state index in [0.29, 0.717) is 11.8 Å². The number of fused-ring (bicyclic) bond motifs is 1. The number of hydrogen-bond donors (Lipinski definition) is 2. The summed E-state index contributed by atoms with van der Waals surface area (Å²) in [7, 11) is 0. The Morgan fingerprint density at radius 3 is 2.86 bits per heavy atom. The Labute approximate surface area is 85.1 Å². The fourth-order valence-electron chi connectivity index (χ4n) is 2.88. The lowest BCUT2D eigenvalue weighted by Gasteiger charge is -2.20. The van der Waals surface area contributed by atoms with Crippen molar-refractivity contribution < 1.29 is 14.9 Å². The third kappa shape index (κ3) is 1.69. The van der Waals surface area contributed by atoms with Gasteiger partial charge in [0.25, 0.3) is 0 Å². The minimum absolute atomic E-state index is 0.0179. The number of rotatable bonds is 3. The Bertz CT molecular complexity index is 195. The van der Waals surface area contributed by atoms with E-state index in [-0.39, 0.29) is 24.9 Å². The molecule has 3 nitrogen and oxygen atoms in total. The molecular formula is C11H20O3. The van der Waals surface area contributed by atoms with Crippen LogP contribution in [0.3, 0.4) is 0 Å². The van der Waals surface area contributed by atoms with E-state index in [9.17, 15) is 5.11 Å². The lowest BCUT2D eigenvalue weighted by molar-refractivity contribution is -0.0572. The summed E-state index contributed by atoms with van der Waals surface area (Å²) in [6.07, 6.45) is 3.89. The first-order chi connectivity index (χ1) is 6.76. The predicted molar refractivity (Wildman–Crippen MR) is 52.9 cm³/mol. The van der Waals surface area contributed by atoms with Gasteiger partial charge < -0.3 is 14.9 Å². The van der Waals surface area contributed by atoms with E-state index in [1.165, 1.54) is 0 Å². The van der Waals surface area contributed by atoms with E-state index in [0.717, 1.165) is 25.7 Å². The van der Waals surface area contributed by atoms with E-state index in [1.54, 1.807) is 0 Å². The molecular weight excluding hydrogens is 180 g/mol. The largest absolute Gasteiger partial charge is 0.396 e. The van der Waals surface area contributed by atoms with Gasteiger partial charge in [0, 0.05) is 12.5 Å². The minimum atomic E-state index is -0.319. The molecule has 0 bridgehead atoms. The van der Waals surface area contributed by atoms with Crippen LogP contribution in [0.2, 0.25) is 0 Å². The molecule has 0 aromatic rings. The van der Waals surface area contributed by atoms with E-state index < -0.39 is 0 Å². The standard InChI is InChI=1S/C11H20O3/c1-2-9(13)10-5-7-3-4-8(6-12)11(7)14-10/h7-13H,2-6H2,1H3/t7-,8-,9-,10+,11+/m0/s1. The van der Waals surface area contributed by atoms with Gasteiger partial charge in [-0.3, -0.25) is 0 Å². The number of hydrogen-bond acceptors (Lipinski definition) is 3. The van der Waals surface area contributed by atoms with Gasteiger partial charge in [0.05, 0.1) is 18.3 Å². The monoisotopic (exact) mass is 200 g/mol. The van der Waals surface area contributed by atoms with Crippen molar-refractivity contribution in [1.82, 2.24) is 0 Å². The molecule has 0 radical (unpaired) electrons. The molecule has 2 fully saturated rings. The number of aliphatic hydroxyl groups is 2. The fraction of sp³-hybridized carbons (Fsp3) is 1.00. The summed E-state index contributed by atoms with van der Waals surface area (Å²) in [5.74, 6) is 0.896. The summed E-state index contributed by atoms with van der Waals surface area (Å²) >= 11 is 0. The zero-order valence-electron chi connectivity index (χ0n) is 8.72. The van der Waals surface area contributed by atoms with Gasteiger partial charge in [-0.05, 0) is 31.6 Å². The topological polar surface area (TPSA) is 49.7 Å². The van der Waals surface area contributed by atoms with Crippen molar-refractivity contribution in [1.29, 1.82) is 0 Å². The van der Waals surface area contributed by atoms with Crippen molar-refractivity contribution >= 4 is 0 Å². The maximum Gasteiger partial charge on any atom is 0.0841 e. The highest BCUT2D eigenvalue weighted by molar-refractivity contribution is 4.94. The van der Waals surface area contributed by atoms with E-state index in [4.69, 9.17) is 9.84 Å². The lowest BCUT2D eigenvalue weighted by atomic mass is 9.97. The Kier molecular flexibility index (Phi) is 3.10. The van der Waals surface area contributed by atoms with Crippen LogP contribution in [0, 0.1) is 11.8 Å². The van der Waals surface area contributed by atoms with Crippen molar-refractivity contribution in [2.45, 2.75) is 50.9 Å². The van der Waals surface area contributed by atoms with Crippen molar-refractivity contribution in [3.05, 3.63) is 0 Å². The molecule has 1 aliphatic carbocycles. The minimum Gasteiger partial charge on any atom is -0.396 e. The molecule has 0 aromatic heterocycles. The molecule has 2 aliphatic rings. The molecule has 14 heavy (non-hydrogen) atoms. The average molecular weight is 200 g/mol. The van der Waals surface area contributed by atoms with Crippen LogP contribution in [0.5, 0.6) is 0 Å². The fourth-order valence-corrected chi connectivity index (χ4v) is 2.88. The molecule has 1 aliphatic heterocycles. The second-order valence-corrected chi connectivity index (χ2v) is 4.63. The van der Waals surface area contributed by atoms with Crippen molar-refractivity contribution in [3.63, 3.8) is 0 Å². The van der Waals surface area contributed by atoms with Gasteiger partial charge in [0.2, 0.25) is 0 Å². The highest BCUT2D eigenvalue weighted by Gasteiger charge is 2.45. The van der Waals surface area contributed by atoms with Gasteiger partial charge in [0.1, 0.15) is 0 Å². The van der Waals surface area contributed by atoms with E-state index in [2.05, 4.69) is 0 Å². The summed E-state index contributed by atoms with van der Waals surface area (Å²) in [6, 6.07) is 0. The predicted octanol–water partition coefficient (Wildman–Crippen LogP) is 0.933. The normalized spacial score (nSPS) is 43.9. The van der Waals surface area contributed by atoms with E-state index >= 15 is 0 Å². The van der Waals surface area contributed by atoms with Crippen molar-refractivity contribution in [3.8, 4) is 0 Å².